The van der Waals surface area contributed by atoms with Crippen LogP contribution in [0.25, 0.3) is 22.3 Å². The molecule has 0 spiro atoms. The summed E-state index contributed by atoms with van der Waals surface area (Å²) in [6, 6.07) is 7.24. The molecule has 0 amide bonds. The highest BCUT2D eigenvalue weighted by Crippen LogP contribution is 2.30. The summed E-state index contributed by atoms with van der Waals surface area (Å²) in [5.74, 6) is 0.155. The van der Waals surface area contributed by atoms with Gasteiger partial charge in [-0.3, -0.25) is 9.78 Å². The second kappa shape index (κ2) is 6.76. The Morgan fingerprint density at radius 2 is 2.08 bits per heavy atom. The predicted octanol–water partition coefficient (Wildman–Crippen LogP) is 3.59. The molecule has 2 aromatic heterocycles. The number of fused-ring (bicyclic) bond motifs is 1. The lowest BCUT2D eigenvalue weighted by atomic mass is 10.1. The van der Waals surface area contributed by atoms with E-state index in [0.717, 1.165) is 0 Å². The molecule has 0 aliphatic heterocycles. The monoisotopic (exact) mass is 339 g/mol. The van der Waals surface area contributed by atoms with Crippen molar-refractivity contribution in [2.24, 2.45) is 5.92 Å². The fourth-order valence-electron chi connectivity index (χ4n) is 2.37. The van der Waals surface area contributed by atoms with Crippen LogP contribution in [-0.4, -0.2) is 22.7 Å². The van der Waals surface area contributed by atoms with E-state index in [2.05, 4.69) is 4.98 Å². The van der Waals surface area contributed by atoms with Gasteiger partial charge in [0.2, 0.25) is 0 Å². The van der Waals surface area contributed by atoms with E-state index in [1.54, 1.807) is 18.5 Å². The molecule has 3 rings (SSSR count). The third kappa shape index (κ3) is 3.52. The summed E-state index contributed by atoms with van der Waals surface area (Å²) in [5.41, 5.74) is 0.600. The van der Waals surface area contributed by atoms with Crippen LogP contribution in [0, 0.1) is 5.92 Å². The Hall–Kier alpha value is -3.15. The summed E-state index contributed by atoms with van der Waals surface area (Å²) < 4.78 is 11.6. The van der Waals surface area contributed by atoms with Gasteiger partial charge in [-0.2, -0.15) is 0 Å². The van der Waals surface area contributed by atoms with Crippen LogP contribution in [0.4, 0.5) is 0 Å². The molecular formula is C19H17NO5. The number of carboxylic acid groups (broad SMARTS) is 1. The third-order valence-corrected chi connectivity index (χ3v) is 3.59. The minimum absolute atomic E-state index is 0.0369. The Kier molecular flexibility index (Phi) is 4.52. The Labute approximate surface area is 143 Å². The summed E-state index contributed by atoms with van der Waals surface area (Å²) in [6.45, 7) is 4.60. The number of rotatable bonds is 5. The third-order valence-electron chi connectivity index (χ3n) is 3.59. The predicted molar refractivity (Wildman–Crippen MR) is 93.0 cm³/mol. The van der Waals surface area contributed by atoms with Gasteiger partial charge in [0.05, 0.1) is 23.1 Å². The zero-order chi connectivity index (χ0) is 18.0. The SMILES string of the molecule is CC(C)COc1ccncc1-c1cc(=O)c2cc(C(=O)O)ccc2o1. The molecule has 128 valence electrons. The second-order valence-corrected chi connectivity index (χ2v) is 6.07. The van der Waals surface area contributed by atoms with Gasteiger partial charge in [0.1, 0.15) is 17.1 Å². The smallest absolute Gasteiger partial charge is 0.335 e. The average Bonchev–Trinajstić information content (AvgIpc) is 2.59. The van der Waals surface area contributed by atoms with Crippen LogP contribution < -0.4 is 10.2 Å². The summed E-state index contributed by atoms with van der Waals surface area (Å²) in [7, 11) is 0. The van der Waals surface area contributed by atoms with Crippen molar-refractivity contribution in [1.29, 1.82) is 0 Å². The summed E-state index contributed by atoms with van der Waals surface area (Å²) in [5, 5.41) is 9.27. The van der Waals surface area contributed by atoms with Gasteiger partial charge >= 0.3 is 5.97 Å². The van der Waals surface area contributed by atoms with E-state index in [-0.39, 0.29) is 16.4 Å². The highest BCUT2D eigenvalue weighted by molar-refractivity contribution is 5.93. The van der Waals surface area contributed by atoms with Crippen LogP contribution in [0.1, 0.15) is 24.2 Å². The summed E-state index contributed by atoms with van der Waals surface area (Å²) in [6.07, 6.45) is 3.18. The topological polar surface area (TPSA) is 89.6 Å². The normalized spacial score (nSPS) is 11.0. The number of ether oxygens (including phenoxy) is 1. The highest BCUT2D eigenvalue weighted by atomic mass is 16.5. The first-order chi connectivity index (χ1) is 12.0. The quantitative estimate of drug-likeness (QED) is 0.764. The fourth-order valence-corrected chi connectivity index (χ4v) is 2.37. The molecule has 0 unspecified atom stereocenters. The molecule has 25 heavy (non-hydrogen) atoms. The summed E-state index contributed by atoms with van der Waals surface area (Å²) >= 11 is 0. The Morgan fingerprint density at radius 1 is 1.28 bits per heavy atom. The van der Waals surface area contributed by atoms with Crippen molar-refractivity contribution in [2.75, 3.05) is 6.61 Å². The van der Waals surface area contributed by atoms with Crippen molar-refractivity contribution in [3.8, 4) is 17.1 Å². The van der Waals surface area contributed by atoms with E-state index in [4.69, 9.17) is 14.3 Å². The number of aromatic carboxylic acids is 1. The minimum atomic E-state index is -1.10. The average molecular weight is 339 g/mol. The molecule has 0 atom stereocenters. The molecule has 6 heteroatoms. The fraction of sp³-hybridized carbons (Fsp3) is 0.211. The molecule has 0 bridgehead atoms. The molecule has 0 radical (unpaired) electrons. The molecule has 1 N–H and O–H groups in total. The van der Waals surface area contributed by atoms with Gasteiger partial charge in [-0.15, -0.1) is 0 Å². The van der Waals surface area contributed by atoms with Crippen molar-refractivity contribution in [1.82, 2.24) is 4.98 Å². The maximum absolute atomic E-state index is 12.4. The van der Waals surface area contributed by atoms with Gasteiger partial charge in [-0.05, 0) is 30.2 Å². The van der Waals surface area contributed by atoms with Crippen molar-refractivity contribution in [3.05, 3.63) is 58.5 Å². The van der Waals surface area contributed by atoms with Crippen LogP contribution in [0.5, 0.6) is 5.75 Å². The lowest BCUT2D eigenvalue weighted by molar-refractivity contribution is 0.0697. The number of carboxylic acids is 1. The number of hydrogen-bond acceptors (Lipinski definition) is 5. The van der Waals surface area contributed by atoms with Gasteiger partial charge in [-0.1, -0.05) is 13.8 Å². The van der Waals surface area contributed by atoms with Gasteiger partial charge in [0, 0.05) is 18.5 Å². The number of benzene rings is 1. The summed E-state index contributed by atoms with van der Waals surface area (Å²) in [4.78, 5) is 27.5. The van der Waals surface area contributed by atoms with Gasteiger partial charge in [-0.25, -0.2) is 4.79 Å². The molecule has 0 saturated heterocycles. The van der Waals surface area contributed by atoms with E-state index >= 15 is 0 Å². The number of pyridine rings is 1. The van der Waals surface area contributed by atoms with Crippen LogP contribution in [-0.2, 0) is 0 Å². The standard InChI is InChI=1S/C19H17NO5/c1-11(2)10-24-16-5-6-20-9-14(16)18-8-15(21)13-7-12(19(22)23)3-4-17(13)25-18/h3-9,11H,10H2,1-2H3,(H,22,23). The van der Waals surface area contributed by atoms with E-state index < -0.39 is 5.97 Å². The van der Waals surface area contributed by atoms with Crippen molar-refractivity contribution < 1.29 is 19.1 Å². The van der Waals surface area contributed by atoms with Crippen LogP contribution >= 0.6 is 0 Å². The highest BCUT2D eigenvalue weighted by Gasteiger charge is 2.14. The lowest BCUT2D eigenvalue weighted by Gasteiger charge is -2.12. The van der Waals surface area contributed by atoms with Gasteiger partial charge in [0.15, 0.2) is 5.43 Å². The van der Waals surface area contributed by atoms with Crippen molar-refractivity contribution in [2.45, 2.75) is 13.8 Å². The Bertz CT molecular complexity index is 991. The van der Waals surface area contributed by atoms with Gasteiger partial charge in [0.25, 0.3) is 0 Å². The Morgan fingerprint density at radius 3 is 2.80 bits per heavy atom. The number of carbonyl (C=O) groups is 1. The Balaban J connectivity index is 2.10. The maximum Gasteiger partial charge on any atom is 0.335 e. The molecule has 2 heterocycles. The molecule has 0 fully saturated rings. The molecular weight excluding hydrogens is 322 g/mol. The first-order valence-corrected chi connectivity index (χ1v) is 7.84. The maximum atomic E-state index is 12.4. The van der Waals surface area contributed by atoms with E-state index in [1.165, 1.54) is 24.3 Å². The molecule has 0 aliphatic carbocycles. The second-order valence-electron chi connectivity index (χ2n) is 6.07. The van der Waals surface area contributed by atoms with Crippen LogP contribution in [0.15, 0.2) is 51.9 Å². The first-order valence-electron chi connectivity index (χ1n) is 7.84. The van der Waals surface area contributed by atoms with Crippen LogP contribution in [0.3, 0.4) is 0 Å². The lowest BCUT2D eigenvalue weighted by Crippen LogP contribution is -2.06. The van der Waals surface area contributed by atoms with Crippen molar-refractivity contribution >= 4 is 16.9 Å². The number of aromatic nitrogens is 1. The molecule has 0 saturated carbocycles. The van der Waals surface area contributed by atoms with E-state index in [9.17, 15) is 9.59 Å². The number of nitrogens with zero attached hydrogens (tertiary/aromatic N) is 1. The van der Waals surface area contributed by atoms with E-state index in [0.29, 0.717) is 35.2 Å². The molecule has 0 aliphatic rings. The number of hydrogen-bond donors (Lipinski definition) is 1. The van der Waals surface area contributed by atoms with Gasteiger partial charge < -0.3 is 14.3 Å². The zero-order valence-electron chi connectivity index (χ0n) is 13.9. The van der Waals surface area contributed by atoms with Crippen molar-refractivity contribution in [3.63, 3.8) is 0 Å². The van der Waals surface area contributed by atoms with Crippen LogP contribution in [0.2, 0.25) is 0 Å². The zero-order valence-corrected chi connectivity index (χ0v) is 13.9. The molecule has 1 aromatic carbocycles. The molecule has 3 aromatic rings. The minimum Gasteiger partial charge on any atom is -0.492 e. The largest absolute Gasteiger partial charge is 0.492 e. The molecule has 6 nitrogen and oxygen atoms in total. The first kappa shape index (κ1) is 16.7. The van der Waals surface area contributed by atoms with E-state index in [1.807, 2.05) is 13.8 Å².